The predicted molar refractivity (Wildman–Crippen MR) is 75.6 cm³/mol. The molecule has 0 spiro atoms. The number of rotatable bonds is 2. The molecule has 1 aromatic carbocycles. The van der Waals surface area contributed by atoms with Crippen LogP contribution in [0, 0.1) is 0 Å². The molecule has 0 saturated heterocycles. The first-order valence-corrected chi connectivity index (χ1v) is 6.94. The third-order valence-electron chi connectivity index (χ3n) is 2.88. The lowest BCUT2D eigenvalue weighted by molar-refractivity contribution is 0.573. The van der Waals surface area contributed by atoms with E-state index >= 15 is 0 Å². The van der Waals surface area contributed by atoms with E-state index in [0.717, 1.165) is 11.4 Å². The van der Waals surface area contributed by atoms with Gasteiger partial charge in [0.25, 0.3) is 0 Å². The average Bonchev–Trinajstić information content (AvgIpc) is 2.78. The van der Waals surface area contributed by atoms with Crippen LogP contribution >= 0.6 is 11.3 Å². The number of aryl methyl sites for hydroxylation is 1. The lowest BCUT2D eigenvalue weighted by Gasteiger charge is -2.14. The van der Waals surface area contributed by atoms with Crippen molar-refractivity contribution >= 4 is 11.3 Å². The molecule has 0 aliphatic carbocycles. The number of benzene rings is 1. The molecule has 2 aromatic rings. The molecule has 0 unspecified atom stereocenters. The van der Waals surface area contributed by atoms with E-state index in [9.17, 15) is 0 Å². The van der Waals surface area contributed by atoms with Gasteiger partial charge in [0.2, 0.25) is 0 Å². The summed E-state index contributed by atoms with van der Waals surface area (Å²) in [5, 5.41) is 3.29. The van der Waals surface area contributed by atoms with Crippen molar-refractivity contribution in [1.29, 1.82) is 0 Å². The Hall–Kier alpha value is -1.15. The number of hydrogen-bond donors (Lipinski definition) is 0. The fourth-order valence-electron chi connectivity index (χ4n) is 1.63. The Labute approximate surface area is 108 Å². The van der Waals surface area contributed by atoms with Crippen molar-refractivity contribution in [3.8, 4) is 10.6 Å². The van der Waals surface area contributed by atoms with Gasteiger partial charge >= 0.3 is 0 Å². The van der Waals surface area contributed by atoms with Crippen molar-refractivity contribution < 1.29 is 0 Å². The Morgan fingerprint density at radius 3 is 2.24 bits per heavy atom. The minimum Gasteiger partial charge on any atom is -0.241 e. The zero-order valence-corrected chi connectivity index (χ0v) is 11.8. The van der Waals surface area contributed by atoms with Crippen molar-refractivity contribution in [3.63, 3.8) is 0 Å². The summed E-state index contributed by atoms with van der Waals surface area (Å²) in [6, 6.07) is 8.72. The van der Waals surface area contributed by atoms with Crippen molar-refractivity contribution in [1.82, 2.24) is 4.98 Å². The Morgan fingerprint density at radius 1 is 1.12 bits per heavy atom. The summed E-state index contributed by atoms with van der Waals surface area (Å²) < 4.78 is 0. The highest BCUT2D eigenvalue weighted by molar-refractivity contribution is 7.13. The third kappa shape index (κ3) is 2.75. The minimum absolute atomic E-state index is 0.137. The fourth-order valence-corrected chi connectivity index (χ4v) is 2.69. The van der Waals surface area contributed by atoms with E-state index in [-0.39, 0.29) is 5.41 Å². The summed E-state index contributed by atoms with van der Waals surface area (Å²) in [5.74, 6) is 0. The van der Waals surface area contributed by atoms with Crippen LogP contribution in [0.4, 0.5) is 0 Å². The maximum atomic E-state index is 4.73. The second kappa shape index (κ2) is 4.61. The van der Waals surface area contributed by atoms with Crippen molar-refractivity contribution in [2.24, 2.45) is 0 Å². The molecule has 0 fully saturated rings. The molecular weight excluding hydrogens is 226 g/mol. The quantitative estimate of drug-likeness (QED) is 0.749. The predicted octanol–water partition coefficient (Wildman–Crippen LogP) is 4.67. The summed E-state index contributed by atoms with van der Waals surface area (Å²) >= 11 is 1.73. The van der Waals surface area contributed by atoms with E-state index in [1.54, 1.807) is 11.3 Å². The number of hydrogen-bond acceptors (Lipinski definition) is 2. The van der Waals surface area contributed by atoms with Gasteiger partial charge in [0.05, 0.1) is 5.69 Å². The number of aromatic nitrogens is 1. The molecule has 0 aliphatic heterocycles. The molecule has 2 heteroatoms. The van der Waals surface area contributed by atoms with E-state index in [4.69, 9.17) is 4.98 Å². The van der Waals surface area contributed by atoms with Gasteiger partial charge in [-0.1, -0.05) is 52.0 Å². The zero-order valence-electron chi connectivity index (χ0n) is 10.9. The first-order valence-electron chi connectivity index (χ1n) is 6.06. The highest BCUT2D eigenvalue weighted by atomic mass is 32.1. The third-order valence-corrected chi connectivity index (χ3v) is 3.77. The second-order valence-corrected chi connectivity index (χ2v) is 6.20. The Balaban J connectivity index is 2.30. The van der Waals surface area contributed by atoms with Crippen LogP contribution in [0.2, 0.25) is 0 Å². The smallest absolute Gasteiger partial charge is 0.123 e. The van der Waals surface area contributed by atoms with Crippen LogP contribution in [0.5, 0.6) is 0 Å². The first-order chi connectivity index (χ1) is 8.00. The van der Waals surface area contributed by atoms with Gasteiger partial charge in [-0.25, -0.2) is 4.98 Å². The van der Waals surface area contributed by atoms with Gasteiger partial charge in [-0.2, -0.15) is 0 Å². The molecule has 17 heavy (non-hydrogen) atoms. The van der Waals surface area contributed by atoms with Crippen LogP contribution in [-0.4, -0.2) is 4.98 Å². The van der Waals surface area contributed by atoms with Crippen LogP contribution in [-0.2, 0) is 11.8 Å². The molecule has 0 radical (unpaired) electrons. The van der Waals surface area contributed by atoms with E-state index in [1.807, 2.05) is 0 Å². The molecule has 0 aliphatic rings. The lowest BCUT2D eigenvalue weighted by Crippen LogP contribution is -2.11. The van der Waals surface area contributed by atoms with Crippen LogP contribution < -0.4 is 0 Å². The Morgan fingerprint density at radius 2 is 1.76 bits per heavy atom. The SMILES string of the molecule is CCc1ccc(-c2nc(C(C)(C)C)cs2)cc1. The molecule has 1 aromatic heterocycles. The molecular formula is C15H19NS. The highest BCUT2D eigenvalue weighted by Gasteiger charge is 2.17. The fraction of sp³-hybridized carbons (Fsp3) is 0.400. The molecule has 0 N–H and O–H groups in total. The van der Waals surface area contributed by atoms with Crippen molar-refractivity contribution in [2.75, 3.05) is 0 Å². The normalized spacial score (nSPS) is 11.8. The summed E-state index contributed by atoms with van der Waals surface area (Å²) in [6.45, 7) is 8.78. The first kappa shape index (κ1) is 12.3. The van der Waals surface area contributed by atoms with Gasteiger partial charge in [0.1, 0.15) is 5.01 Å². The minimum atomic E-state index is 0.137. The topological polar surface area (TPSA) is 12.9 Å². The Bertz CT molecular complexity index is 488. The van der Waals surface area contributed by atoms with Crippen LogP contribution in [0.15, 0.2) is 29.6 Å². The maximum absolute atomic E-state index is 4.73. The summed E-state index contributed by atoms with van der Waals surface area (Å²) in [6.07, 6.45) is 1.09. The van der Waals surface area contributed by atoms with Gasteiger partial charge in [-0.05, 0) is 12.0 Å². The van der Waals surface area contributed by atoms with Gasteiger partial charge in [0.15, 0.2) is 0 Å². The highest BCUT2D eigenvalue weighted by Crippen LogP contribution is 2.29. The van der Waals surface area contributed by atoms with Gasteiger partial charge in [-0.3, -0.25) is 0 Å². The second-order valence-electron chi connectivity index (χ2n) is 5.34. The van der Waals surface area contributed by atoms with Crippen LogP contribution in [0.25, 0.3) is 10.6 Å². The van der Waals surface area contributed by atoms with Crippen molar-refractivity contribution in [2.45, 2.75) is 39.5 Å². The monoisotopic (exact) mass is 245 g/mol. The summed E-state index contributed by atoms with van der Waals surface area (Å²) in [7, 11) is 0. The Kier molecular flexibility index (Phi) is 3.34. The number of nitrogens with zero attached hydrogens (tertiary/aromatic N) is 1. The van der Waals surface area contributed by atoms with Crippen LogP contribution in [0.1, 0.15) is 39.0 Å². The molecule has 90 valence electrons. The van der Waals surface area contributed by atoms with E-state index < -0.39 is 0 Å². The molecule has 0 bridgehead atoms. The molecule has 1 nitrogen and oxygen atoms in total. The average molecular weight is 245 g/mol. The van der Waals surface area contributed by atoms with Gasteiger partial charge in [-0.15, -0.1) is 11.3 Å². The van der Waals surface area contributed by atoms with Gasteiger partial charge in [0, 0.05) is 16.4 Å². The standard InChI is InChI=1S/C15H19NS/c1-5-11-6-8-12(9-7-11)14-16-13(10-17-14)15(2,3)4/h6-10H,5H2,1-4H3. The molecule has 2 rings (SSSR count). The molecule has 0 amide bonds. The molecule has 0 saturated carbocycles. The summed E-state index contributed by atoms with van der Waals surface area (Å²) in [4.78, 5) is 4.73. The van der Waals surface area contributed by atoms with Crippen molar-refractivity contribution in [3.05, 3.63) is 40.9 Å². The van der Waals surface area contributed by atoms with E-state index in [1.165, 1.54) is 16.8 Å². The van der Waals surface area contributed by atoms with Gasteiger partial charge < -0.3 is 0 Å². The summed E-state index contributed by atoms with van der Waals surface area (Å²) in [5.41, 5.74) is 3.92. The van der Waals surface area contributed by atoms with E-state index in [2.05, 4.69) is 57.3 Å². The lowest BCUT2D eigenvalue weighted by atomic mass is 9.93. The van der Waals surface area contributed by atoms with Crippen LogP contribution in [0.3, 0.4) is 0 Å². The molecule has 1 heterocycles. The largest absolute Gasteiger partial charge is 0.241 e. The maximum Gasteiger partial charge on any atom is 0.123 e. The number of thiazole rings is 1. The van der Waals surface area contributed by atoms with E-state index in [0.29, 0.717) is 0 Å². The molecule has 0 atom stereocenters. The zero-order chi connectivity index (χ0) is 12.5.